The van der Waals surface area contributed by atoms with E-state index in [2.05, 4.69) is 13.8 Å². The lowest BCUT2D eigenvalue weighted by Gasteiger charge is -2.37. The Morgan fingerprint density at radius 3 is 2.08 bits per heavy atom. The summed E-state index contributed by atoms with van der Waals surface area (Å²) in [6, 6.07) is 0. The Morgan fingerprint density at radius 1 is 1.00 bits per heavy atom. The van der Waals surface area contributed by atoms with Gasteiger partial charge in [-0.05, 0) is 0 Å². The number of hydrogen-bond donors (Lipinski definition) is 0. The Balaban J connectivity index is 1.96. The molecule has 0 aromatic rings. The van der Waals surface area contributed by atoms with Crippen LogP contribution in [0.3, 0.4) is 0 Å². The van der Waals surface area contributed by atoms with Gasteiger partial charge in [0.05, 0.1) is 0 Å². The lowest BCUT2D eigenvalue weighted by Crippen LogP contribution is -2.63. The highest BCUT2D eigenvalue weighted by Gasteiger charge is 2.49. The van der Waals surface area contributed by atoms with Gasteiger partial charge in [0.2, 0.25) is 0 Å². The molecule has 7 nitrogen and oxygen atoms in total. The van der Waals surface area contributed by atoms with E-state index >= 15 is 0 Å². The molecule has 2 heterocycles. The van der Waals surface area contributed by atoms with Crippen molar-refractivity contribution in [1.29, 1.82) is 0 Å². The van der Waals surface area contributed by atoms with Gasteiger partial charge in [0.25, 0.3) is 0 Å². The molecule has 62 valence electrons. The second-order valence-electron chi connectivity index (χ2n) is 2.07. The average Bonchev–Trinajstić information content (AvgIpc) is 2.02. The molecule has 2 saturated heterocycles. The summed E-state index contributed by atoms with van der Waals surface area (Å²) in [5.41, 5.74) is 0. The van der Waals surface area contributed by atoms with Crippen LogP contribution in [0.25, 0.3) is 0 Å². The molecule has 0 N–H and O–H groups in total. The summed E-state index contributed by atoms with van der Waals surface area (Å²) in [5.74, 6) is 0. The third-order valence-corrected chi connectivity index (χ3v) is 1.30. The van der Waals surface area contributed by atoms with Crippen molar-refractivity contribution in [3.8, 4) is 0 Å². The Bertz CT molecular complexity index is 147. The maximum absolute atomic E-state index is 10.6. The van der Waals surface area contributed by atoms with E-state index in [0.29, 0.717) is 0 Å². The quantitative estimate of drug-likeness (QED) is 0.389. The molecule has 0 aliphatic carbocycles. The zero-order valence-corrected chi connectivity index (χ0v) is 6.17. The van der Waals surface area contributed by atoms with Crippen molar-refractivity contribution in [2.45, 2.75) is 0 Å². The second-order valence-corrected chi connectivity index (χ2v) is 2.07. The van der Waals surface area contributed by atoms with Crippen LogP contribution in [0.4, 0.5) is 0 Å². The Kier molecular flexibility index (Phi) is 2.42. The number of fused-ring (bicyclic) bond motifs is 2. The van der Waals surface area contributed by atoms with E-state index < -0.39 is 29.3 Å². The first kappa shape index (κ1) is 8.57. The van der Waals surface area contributed by atoms with Crippen LogP contribution in [-0.4, -0.2) is 36.4 Å². The normalized spacial score (nSPS) is 23.5. The maximum Gasteiger partial charge on any atom is 0.615 e. The van der Waals surface area contributed by atoms with Crippen molar-refractivity contribution in [3.63, 3.8) is 0 Å². The third-order valence-electron chi connectivity index (χ3n) is 1.30. The van der Waals surface area contributed by atoms with Crippen LogP contribution in [0.15, 0.2) is 0 Å². The van der Waals surface area contributed by atoms with Gasteiger partial charge >= 0.3 is 29.3 Å². The molecule has 0 amide bonds. The monoisotopic (exact) mass is 171 g/mol. The molecule has 0 spiro atoms. The van der Waals surface area contributed by atoms with Gasteiger partial charge in [-0.1, -0.05) is 0 Å². The highest BCUT2D eigenvalue weighted by atomic mass is 16.9. The highest BCUT2D eigenvalue weighted by molar-refractivity contribution is 6.74. The Morgan fingerprint density at radius 2 is 1.58 bits per heavy atom. The van der Waals surface area contributed by atoms with Crippen LogP contribution in [0.1, 0.15) is 0 Å². The fourth-order valence-electron chi connectivity index (χ4n) is 0.821. The smallest absolute Gasteiger partial charge is 0.615 e. The van der Waals surface area contributed by atoms with Gasteiger partial charge in [-0.2, -0.15) is 0 Å². The summed E-state index contributed by atoms with van der Waals surface area (Å²) in [7, 11) is -3.36. The first-order valence-electron chi connectivity index (χ1n) is 3.24. The van der Waals surface area contributed by atoms with Crippen molar-refractivity contribution in [1.82, 2.24) is 0 Å². The summed E-state index contributed by atoms with van der Waals surface area (Å²) in [6.45, 7) is 0. The van der Waals surface area contributed by atoms with Gasteiger partial charge < -0.3 is 32.5 Å². The van der Waals surface area contributed by atoms with Crippen molar-refractivity contribution in [3.05, 3.63) is 0 Å². The molecule has 2 rings (SSSR count). The lowest BCUT2D eigenvalue weighted by atomic mass is 9.90. The van der Waals surface area contributed by atoms with Gasteiger partial charge in [0.1, 0.15) is 0 Å². The predicted molar refractivity (Wildman–Crippen MR) is 35.5 cm³/mol. The van der Waals surface area contributed by atoms with Gasteiger partial charge in [0.15, 0.2) is 0 Å². The zero-order valence-electron chi connectivity index (χ0n) is 6.17. The summed E-state index contributed by atoms with van der Waals surface area (Å²) in [5, 5.41) is 10.6. The first-order chi connectivity index (χ1) is 5.78. The van der Waals surface area contributed by atoms with Gasteiger partial charge in [0, 0.05) is 7.11 Å². The SMILES string of the molecule is COB1OB2OB([O-])OB(O1)O2. The fraction of sp³-hybridized carbons (Fsp3) is 1.00. The molecule has 0 atom stereocenters. The molecule has 2 bridgehead atoms. The average molecular weight is 170 g/mol. The van der Waals surface area contributed by atoms with E-state index in [-0.39, 0.29) is 0 Å². The van der Waals surface area contributed by atoms with Crippen molar-refractivity contribution < 1.29 is 32.5 Å². The molecule has 2 fully saturated rings. The largest absolute Gasteiger partial charge is 0.833 e. The fourth-order valence-corrected chi connectivity index (χ4v) is 0.821. The molecule has 12 heavy (non-hydrogen) atoms. The van der Waals surface area contributed by atoms with Gasteiger partial charge in [-0.15, -0.1) is 0 Å². The Hall–Kier alpha value is -0.0203. The topological polar surface area (TPSA) is 78.4 Å². The molecule has 0 saturated carbocycles. The minimum Gasteiger partial charge on any atom is -0.833 e. The van der Waals surface area contributed by atoms with Crippen molar-refractivity contribution >= 4 is 29.3 Å². The Labute approximate surface area is 69.9 Å². The van der Waals surface area contributed by atoms with E-state index in [1.807, 2.05) is 0 Å². The van der Waals surface area contributed by atoms with Gasteiger partial charge in [-0.3, -0.25) is 0 Å². The lowest BCUT2D eigenvalue weighted by molar-refractivity contribution is -0.244. The van der Waals surface area contributed by atoms with Crippen molar-refractivity contribution in [2.75, 3.05) is 7.11 Å². The summed E-state index contributed by atoms with van der Waals surface area (Å²) < 4.78 is 28.1. The number of rotatable bonds is 1. The molecule has 11 heteroatoms. The summed E-state index contributed by atoms with van der Waals surface area (Å²) in [6.07, 6.45) is 0. The molecule has 0 aromatic carbocycles. The number of hydrogen-bond acceptors (Lipinski definition) is 7. The van der Waals surface area contributed by atoms with E-state index in [1.165, 1.54) is 7.11 Å². The van der Waals surface area contributed by atoms with Crippen LogP contribution in [0.2, 0.25) is 0 Å². The third kappa shape index (κ3) is 1.67. The van der Waals surface area contributed by atoms with E-state index in [0.717, 1.165) is 0 Å². The predicted octanol–water partition coefficient (Wildman–Crippen LogP) is -2.96. The molecule has 2 aliphatic rings. The summed E-state index contributed by atoms with van der Waals surface area (Å²) >= 11 is 0. The highest BCUT2D eigenvalue weighted by Crippen LogP contribution is 2.14. The minimum absolute atomic E-state index is 0.929. The van der Waals surface area contributed by atoms with Crippen LogP contribution in [0.5, 0.6) is 0 Å². The van der Waals surface area contributed by atoms with Crippen molar-refractivity contribution in [2.24, 2.45) is 0 Å². The molecule has 0 unspecified atom stereocenters. The second kappa shape index (κ2) is 3.38. The van der Waals surface area contributed by atoms with Crippen LogP contribution in [0, 0.1) is 0 Å². The molecular formula is CH3B4O7-. The molecule has 2 aliphatic heterocycles. The van der Waals surface area contributed by atoms with Crippen LogP contribution >= 0.6 is 0 Å². The minimum atomic E-state index is -1.65. The molecule has 0 radical (unpaired) electrons. The van der Waals surface area contributed by atoms with Crippen LogP contribution in [-0.2, 0) is 27.5 Å². The molecule has 0 aromatic heterocycles. The summed E-state index contributed by atoms with van der Waals surface area (Å²) in [4.78, 5) is 0. The zero-order chi connectivity index (χ0) is 8.55. The maximum atomic E-state index is 10.6. The van der Waals surface area contributed by atoms with E-state index in [9.17, 15) is 5.02 Å². The van der Waals surface area contributed by atoms with Gasteiger partial charge in [-0.25, -0.2) is 0 Å². The first-order valence-corrected chi connectivity index (χ1v) is 3.24. The van der Waals surface area contributed by atoms with Crippen LogP contribution < -0.4 is 5.02 Å². The standard InChI is InChI=1S/CH3B4O7/c1-7-3-10-4-8-2(6)9-5(11-3)12-4/h1H3/q-1. The van der Waals surface area contributed by atoms with E-state index in [1.54, 1.807) is 0 Å². The van der Waals surface area contributed by atoms with E-state index in [4.69, 9.17) is 13.7 Å². The molecular weight excluding hydrogens is 167 g/mol.